The van der Waals surface area contributed by atoms with Crippen molar-refractivity contribution < 1.29 is 0 Å². The Kier molecular flexibility index (Phi) is 15.0. The van der Waals surface area contributed by atoms with Crippen LogP contribution >= 0.6 is 0 Å². The zero-order valence-electron chi connectivity index (χ0n) is 45.6. The number of fused-ring (bicyclic) bond motifs is 3. The molecule has 0 aliphatic heterocycles. The fourth-order valence-corrected chi connectivity index (χ4v) is 17.0. The summed E-state index contributed by atoms with van der Waals surface area (Å²) in [5.41, 5.74) is 24.3. The van der Waals surface area contributed by atoms with Gasteiger partial charge in [0, 0.05) is 28.5 Å². The third-order valence-corrected chi connectivity index (χ3v) is 21.0. The van der Waals surface area contributed by atoms with Gasteiger partial charge in [-0.25, -0.2) is 0 Å². The van der Waals surface area contributed by atoms with E-state index in [0.717, 1.165) is 37.0 Å². The lowest BCUT2D eigenvalue weighted by atomic mass is 9.66. The first-order valence-corrected chi connectivity index (χ1v) is 31.4. The highest BCUT2D eigenvalue weighted by Gasteiger charge is 2.36. The first-order valence-electron chi connectivity index (χ1n) is 31.4. The van der Waals surface area contributed by atoms with Crippen molar-refractivity contribution in [2.24, 2.45) is 35.5 Å². The summed E-state index contributed by atoms with van der Waals surface area (Å²) in [4.78, 5) is 2.81. The van der Waals surface area contributed by atoms with Crippen molar-refractivity contribution in [1.82, 2.24) is 9.47 Å². The van der Waals surface area contributed by atoms with Gasteiger partial charge in [-0.2, -0.15) is 0 Å². The van der Waals surface area contributed by atoms with Gasteiger partial charge in [-0.15, -0.1) is 0 Å². The molecule has 7 atom stereocenters. The Labute approximate surface area is 448 Å². The molecule has 1 heterocycles. The molecule has 0 amide bonds. The van der Waals surface area contributed by atoms with Crippen LogP contribution in [0.3, 0.4) is 0 Å². The lowest BCUT2D eigenvalue weighted by Crippen LogP contribution is -2.35. The molecule has 1 fully saturated rings. The van der Waals surface area contributed by atoms with Crippen LogP contribution in [0.15, 0.2) is 153 Å². The van der Waals surface area contributed by atoms with E-state index in [1.807, 2.05) is 0 Å². The number of rotatable bonds is 11. The lowest BCUT2D eigenvalue weighted by Gasteiger charge is -2.41. The fourth-order valence-electron chi connectivity index (χ4n) is 17.0. The zero-order chi connectivity index (χ0) is 49.2. The second-order valence-electron chi connectivity index (χ2n) is 25.4. The van der Waals surface area contributed by atoms with Gasteiger partial charge in [-0.3, -0.25) is 0 Å². The maximum atomic E-state index is 2.81. The van der Waals surface area contributed by atoms with E-state index in [1.54, 1.807) is 61.5 Å². The monoisotopic (exact) mass is 983 g/mol. The summed E-state index contributed by atoms with van der Waals surface area (Å²) in [5, 5.41) is 0. The van der Waals surface area contributed by atoms with Gasteiger partial charge in [-0.05, 0) is 303 Å². The number of hydrogen-bond donors (Lipinski definition) is 0. The Morgan fingerprint density at radius 3 is 2.16 bits per heavy atom. The van der Waals surface area contributed by atoms with Gasteiger partial charge in [0.25, 0.3) is 0 Å². The van der Waals surface area contributed by atoms with Gasteiger partial charge in [-0.1, -0.05) is 103 Å². The third kappa shape index (κ3) is 10.4. The van der Waals surface area contributed by atoms with E-state index in [2.05, 4.69) is 113 Å². The number of hydrogen-bond acceptors (Lipinski definition) is 1. The first kappa shape index (κ1) is 49.0. The number of allylic oxidation sites excluding steroid dienone is 24. The first-order chi connectivity index (χ1) is 36.7. The van der Waals surface area contributed by atoms with E-state index < -0.39 is 0 Å². The molecule has 12 aliphatic carbocycles. The molecule has 1 aromatic rings. The Bertz CT molecular complexity index is 2760. The summed E-state index contributed by atoms with van der Waals surface area (Å²) in [6.07, 6.45) is 87.1. The molecule has 0 bridgehead atoms. The van der Waals surface area contributed by atoms with Crippen molar-refractivity contribution in [3.8, 4) is 0 Å². The van der Waals surface area contributed by atoms with Crippen molar-refractivity contribution >= 4 is 11.8 Å². The largest absolute Gasteiger partial charge is 0.338 e. The molecule has 1 saturated carbocycles. The molecule has 1 aromatic heterocycles. The van der Waals surface area contributed by atoms with Crippen LogP contribution in [-0.2, 0) is 19.3 Å². The van der Waals surface area contributed by atoms with E-state index >= 15 is 0 Å². The smallest absolute Gasteiger partial charge is 0.0556 e. The highest BCUT2D eigenvalue weighted by molar-refractivity contribution is 5.67. The van der Waals surface area contributed by atoms with Crippen LogP contribution in [0.1, 0.15) is 215 Å². The van der Waals surface area contributed by atoms with Crippen LogP contribution in [0, 0.1) is 35.5 Å². The van der Waals surface area contributed by atoms with Crippen molar-refractivity contribution in [2.45, 2.75) is 218 Å². The Balaban J connectivity index is 0.729. The Morgan fingerprint density at radius 1 is 0.500 bits per heavy atom. The van der Waals surface area contributed by atoms with E-state index in [0.29, 0.717) is 23.8 Å². The average molecular weight is 984 g/mol. The molecular formula is C72H90N2. The van der Waals surface area contributed by atoms with Crippen molar-refractivity contribution in [1.29, 1.82) is 0 Å². The summed E-state index contributed by atoms with van der Waals surface area (Å²) in [6, 6.07) is 0.346. The molecule has 0 spiro atoms. The summed E-state index contributed by atoms with van der Waals surface area (Å²) in [7, 11) is 0. The SMILES string of the molecule is C1=Cc2c(c3c(n2C2=CCCC(C4=CCC(N(C5=CCC(C6CCCC(C7CCC=C(C8=CCCCC8)C7)C6)C=C5)C5=CC=C(C6=CCCC(C7C=C(C8=CCCCC8)CCC7)=C6)CC5)C=C4)C2)CCCC3)CC1. The van der Waals surface area contributed by atoms with E-state index in [4.69, 9.17) is 0 Å². The Morgan fingerprint density at radius 2 is 1.34 bits per heavy atom. The molecule has 7 unspecified atom stereocenters. The van der Waals surface area contributed by atoms with E-state index in [-0.39, 0.29) is 0 Å². The molecule has 2 heteroatoms. The van der Waals surface area contributed by atoms with Crippen LogP contribution in [0.5, 0.6) is 0 Å². The minimum atomic E-state index is 0.346. The molecule has 2 nitrogen and oxygen atoms in total. The maximum absolute atomic E-state index is 2.81. The van der Waals surface area contributed by atoms with Crippen LogP contribution < -0.4 is 0 Å². The summed E-state index contributed by atoms with van der Waals surface area (Å²) < 4.78 is 2.77. The molecule has 12 aliphatic rings. The summed E-state index contributed by atoms with van der Waals surface area (Å²) in [6.45, 7) is 0. The Hall–Kier alpha value is -4.56. The van der Waals surface area contributed by atoms with E-state index in [9.17, 15) is 0 Å². The zero-order valence-corrected chi connectivity index (χ0v) is 45.6. The van der Waals surface area contributed by atoms with Crippen molar-refractivity contribution in [2.75, 3.05) is 0 Å². The van der Waals surface area contributed by atoms with Gasteiger partial charge in [0.05, 0.1) is 6.04 Å². The molecule has 74 heavy (non-hydrogen) atoms. The summed E-state index contributed by atoms with van der Waals surface area (Å²) in [5.74, 6) is 4.53. The topological polar surface area (TPSA) is 8.17 Å². The quantitative estimate of drug-likeness (QED) is 0.215. The highest BCUT2D eigenvalue weighted by Crippen LogP contribution is 2.48. The van der Waals surface area contributed by atoms with Gasteiger partial charge in [0.2, 0.25) is 0 Å². The highest BCUT2D eigenvalue weighted by atomic mass is 15.2. The van der Waals surface area contributed by atoms with Crippen LogP contribution in [0.25, 0.3) is 11.8 Å². The van der Waals surface area contributed by atoms with Gasteiger partial charge < -0.3 is 9.47 Å². The van der Waals surface area contributed by atoms with Gasteiger partial charge >= 0.3 is 0 Å². The predicted octanol–water partition coefficient (Wildman–Crippen LogP) is 19.5. The number of aromatic nitrogens is 1. The fraction of sp³-hybridized carbons (Fsp3) is 0.556. The van der Waals surface area contributed by atoms with Crippen LogP contribution in [-0.4, -0.2) is 15.5 Å². The van der Waals surface area contributed by atoms with Gasteiger partial charge in [0.15, 0.2) is 0 Å². The van der Waals surface area contributed by atoms with Crippen molar-refractivity contribution in [3.63, 3.8) is 0 Å². The van der Waals surface area contributed by atoms with Gasteiger partial charge in [0.1, 0.15) is 0 Å². The predicted molar refractivity (Wildman–Crippen MR) is 313 cm³/mol. The van der Waals surface area contributed by atoms with E-state index in [1.165, 1.54) is 215 Å². The second kappa shape index (κ2) is 22.6. The third-order valence-electron chi connectivity index (χ3n) is 21.0. The van der Waals surface area contributed by atoms with Crippen LogP contribution in [0.2, 0.25) is 0 Å². The molecule has 0 N–H and O–H groups in total. The van der Waals surface area contributed by atoms with Crippen molar-refractivity contribution in [3.05, 3.63) is 176 Å². The molecule has 0 radical (unpaired) electrons. The lowest BCUT2D eigenvalue weighted by molar-refractivity contribution is 0.156. The molecular weight excluding hydrogens is 893 g/mol. The normalized spacial score (nSPS) is 31.4. The maximum Gasteiger partial charge on any atom is 0.0556 e. The molecule has 388 valence electrons. The molecule has 13 rings (SSSR count). The second-order valence-corrected chi connectivity index (χ2v) is 25.4. The molecule has 0 saturated heterocycles. The summed E-state index contributed by atoms with van der Waals surface area (Å²) >= 11 is 0. The number of nitrogens with zero attached hydrogens (tertiary/aromatic N) is 2. The standard InChI is InChI=1S/C72H90N2/c1-3-16-51(17-4-1)56-20-11-24-60(46-56)62-26-13-22-58(48-62)53-34-40-65(41-35-53)73(66-42-36-54(37-43-66)59-23-14-27-63(49-59)61-25-12-21-57(47-61)52-18-5-2-6-19-52)67-44-38-55(39-45-67)64-28-15-29-68(50-64)74-71-32-9-7-30-69(71)70-31-8-10-33-72(70)74/h9,16,18,20,23,29,32,34,36,38-42,44,47,49,53,58,60-62,64,67H,1-8,10-15,17,19,21-22,24-28,30-31,33,35,37,43,45-46,48,50H2. The average Bonchev–Trinajstić information content (AvgIpc) is 3.85. The molecule has 0 aromatic carbocycles. The minimum absolute atomic E-state index is 0.346. The minimum Gasteiger partial charge on any atom is -0.338 e. The van der Waals surface area contributed by atoms with Crippen LogP contribution in [0.4, 0.5) is 0 Å².